The van der Waals surface area contributed by atoms with Gasteiger partial charge in [0.15, 0.2) is 6.04 Å². The van der Waals surface area contributed by atoms with Crippen LogP contribution in [0.25, 0.3) is 10.9 Å². The Morgan fingerprint density at radius 1 is 0.963 bits per heavy atom. The smallest absolute Gasteiger partial charge is 0.330 e. The molecule has 0 radical (unpaired) electrons. The first-order valence-corrected chi connectivity index (χ1v) is 9.28. The second kappa shape index (κ2) is 7.61. The van der Waals surface area contributed by atoms with E-state index < -0.39 is 12.0 Å². The number of carboxylic acid groups (broad SMARTS) is 1. The Labute approximate surface area is 157 Å². The molecule has 3 aromatic rings. The minimum absolute atomic E-state index is 0.553. The highest BCUT2D eigenvalue weighted by Gasteiger charge is 2.22. The van der Waals surface area contributed by atoms with Crippen LogP contribution >= 0.6 is 0 Å². The first-order valence-electron chi connectivity index (χ1n) is 9.28. The second-order valence-corrected chi connectivity index (χ2v) is 6.76. The van der Waals surface area contributed by atoms with Gasteiger partial charge in [-0.3, -0.25) is 0 Å². The van der Waals surface area contributed by atoms with E-state index in [0.717, 1.165) is 36.8 Å². The Balaban J connectivity index is 1.76. The van der Waals surface area contributed by atoms with Gasteiger partial charge in [-0.15, -0.1) is 0 Å². The van der Waals surface area contributed by atoms with Crippen molar-refractivity contribution in [2.45, 2.75) is 25.3 Å². The van der Waals surface area contributed by atoms with Gasteiger partial charge in [0.2, 0.25) is 5.95 Å². The van der Waals surface area contributed by atoms with Crippen LogP contribution < -0.4 is 10.2 Å². The van der Waals surface area contributed by atoms with Crippen LogP contribution in [0.3, 0.4) is 0 Å². The molecule has 1 fully saturated rings. The Bertz CT molecular complexity index is 939. The third-order valence-corrected chi connectivity index (χ3v) is 4.89. The molecule has 0 amide bonds. The summed E-state index contributed by atoms with van der Waals surface area (Å²) >= 11 is 0. The third kappa shape index (κ3) is 3.69. The number of nitrogens with one attached hydrogen (secondary N) is 1. The highest BCUT2D eigenvalue weighted by Crippen LogP contribution is 2.28. The number of aromatic nitrogens is 2. The van der Waals surface area contributed by atoms with Crippen molar-refractivity contribution in [2.75, 3.05) is 23.3 Å². The summed E-state index contributed by atoms with van der Waals surface area (Å²) in [5, 5.41) is 13.7. The van der Waals surface area contributed by atoms with Crippen LogP contribution in [0.2, 0.25) is 0 Å². The summed E-state index contributed by atoms with van der Waals surface area (Å²) in [7, 11) is 0. The summed E-state index contributed by atoms with van der Waals surface area (Å²) in [4.78, 5) is 23.5. The molecule has 1 aliphatic heterocycles. The summed E-state index contributed by atoms with van der Waals surface area (Å²) < 4.78 is 0. The van der Waals surface area contributed by atoms with Crippen LogP contribution in [0.4, 0.5) is 11.8 Å². The van der Waals surface area contributed by atoms with Gasteiger partial charge in [-0.05, 0) is 37.0 Å². The highest BCUT2D eigenvalue weighted by atomic mass is 16.4. The third-order valence-electron chi connectivity index (χ3n) is 4.89. The zero-order chi connectivity index (χ0) is 18.6. The Kier molecular flexibility index (Phi) is 4.87. The lowest BCUT2D eigenvalue weighted by Gasteiger charge is -2.27. The molecule has 1 aromatic heterocycles. The number of fused-ring (bicyclic) bond motifs is 1. The van der Waals surface area contributed by atoms with Crippen molar-refractivity contribution in [3.8, 4) is 0 Å². The number of nitrogens with zero attached hydrogens (tertiary/aromatic N) is 3. The molecule has 0 bridgehead atoms. The zero-order valence-corrected chi connectivity index (χ0v) is 15.0. The van der Waals surface area contributed by atoms with E-state index in [4.69, 9.17) is 9.97 Å². The predicted molar refractivity (Wildman–Crippen MR) is 106 cm³/mol. The van der Waals surface area contributed by atoms with Gasteiger partial charge in [0, 0.05) is 18.5 Å². The van der Waals surface area contributed by atoms with Crippen LogP contribution in [0.1, 0.15) is 30.9 Å². The second-order valence-electron chi connectivity index (χ2n) is 6.76. The fourth-order valence-corrected chi connectivity index (χ4v) is 3.48. The lowest BCUT2D eigenvalue weighted by molar-refractivity contribution is -0.138. The van der Waals surface area contributed by atoms with Crippen LogP contribution in [0.15, 0.2) is 54.6 Å². The van der Waals surface area contributed by atoms with Crippen molar-refractivity contribution in [1.82, 2.24) is 9.97 Å². The fourth-order valence-electron chi connectivity index (χ4n) is 3.48. The molecule has 0 aliphatic carbocycles. The molecule has 0 spiro atoms. The number of piperidine rings is 1. The van der Waals surface area contributed by atoms with Gasteiger partial charge < -0.3 is 15.3 Å². The Morgan fingerprint density at radius 3 is 2.41 bits per heavy atom. The van der Waals surface area contributed by atoms with Crippen LogP contribution in [0, 0.1) is 0 Å². The maximum absolute atomic E-state index is 11.9. The highest BCUT2D eigenvalue weighted by molar-refractivity contribution is 5.92. The molecule has 6 nitrogen and oxygen atoms in total. The lowest BCUT2D eigenvalue weighted by Crippen LogP contribution is -2.31. The lowest BCUT2D eigenvalue weighted by atomic mass is 10.1. The number of hydrogen-bond donors (Lipinski definition) is 2. The average molecular weight is 362 g/mol. The minimum atomic E-state index is -0.941. The van der Waals surface area contributed by atoms with Gasteiger partial charge >= 0.3 is 5.97 Å². The molecule has 138 valence electrons. The van der Waals surface area contributed by atoms with E-state index in [1.165, 1.54) is 6.42 Å². The number of carbonyl (C=O) groups is 1. The molecule has 2 aromatic carbocycles. The van der Waals surface area contributed by atoms with Gasteiger partial charge in [-0.2, -0.15) is 4.98 Å². The van der Waals surface area contributed by atoms with E-state index in [0.29, 0.717) is 17.3 Å². The summed E-state index contributed by atoms with van der Waals surface area (Å²) in [6.45, 7) is 1.86. The van der Waals surface area contributed by atoms with Gasteiger partial charge in [0.1, 0.15) is 5.82 Å². The van der Waals surface area contributed by atoms with Crippen LogP contribution in [0.5, 0.6) is 0 Å². The van der Waals surface area contributed by atoms with E-state index >= 15 is 0 Å². The molecule has 6 heteroatoms. The Hall–Kier alpha value is -3.15. The molecule has 0 saturated carbocycles. The maximum atomic E-state index is 11.9. The number of anilines is 2. The molecule has 2 N–H and O–H groups in total. The van der Waals surface area contributed by atoms with E-state index in [9.17, 15) is 9.90 Å². The fraction of sp³-hybridized carbons (Fsp3) is 0.286. The Morgan fingerprint density at radius 2 is 1.67 bits per heavy atom. The minimum Gasteiger partial charge on any atom is -0.479 e. The molecular formula is C21H22N4O2. The first kappa shape index (κ1) is 17.3. The van der Waals surface area contributed by atoms with Crippen molar-refractivity contribution in [3.63, 3.8) is 0 Å². The first-order chi connectivity index (χ1) is 13.2. The van der Waals surface area contributed by atoms with Crippen molar-refractivity contribution >= 4 is 28.6 Å². The topological polar surface area (TPSA) is 78.3 Å². The van der Waals surface area contributed by atoms with Gasteiger partial charge in [0.05, 0.1) is 5.52 Å². The van der Waals surface area contributed by atoms with Gasteiger partial charge in [-0.1, -0.05) is 42.5 Å². The standard InChI is InChI=1S/C21H22N4O2/c26-20(27)18(15-9-3-1-4-10-15)23-19-16-11-5-6-12-17(16)22-21(24-19)25-13-7-2-8-14-25/h1,3-6,9-12,18H,2,7-8,13-14H2,(H,26,27)(H,22,23,24). The average Bonchev–Trinajstić information content (AvgIpc) is 2.72. The molecule has 1 saturated heterocycles. The quantitative estimate of drug-likeness (QED) is 0.718. The normalized spacial score (nSPS) is 15.5. The molecule has 2 heterocycles. The van der Waals surface area contributed by atoms with E-state index in [2.05, 4.69) is 10.2 Å². The zero-order valence-electron chi connectivity index (χ0n) is 15.0. The molecule has 1 unspecified atom stereocenters. The number of carboxylic acids is 1. The number of aliphatic carboxylic acids is 1. The van der Waals surface area contributed by atoms with E-state index in [-0.39, 0.29) is 0 Å². The van der Waals surface area contributed by atoms with E-state index in [1.807, 2.05) is 42.5 Å². The van der Waals surface area contributed by atoms with Gasteiger partial charge in [-0.25, -0.2) is 9.78 Å². The van der Waals surface area contributed by atoms with Crippen molar-refractivity contribution < 1.29 is 9.90 Å². The maximum Gasteiger partial charge on any atom is 0.330 e. The molecule has 1 atom stereocenters. The summed E-state index contributed by atoms with van der Waals surface area (Å²) in [6, 6.07) is 16.0. The van der Waals surface area contributed by atoms with Crippen LogP contribution in [-0.2, 0) is 4.79 Å². The number of benzene rings is 2. The van der Waals surface area contributed by atoms with Crippen LogP contribution in [-0.4, -0.2) is 34.1 Å². The van der Waals surface area contributed by atoms with Crippen molar-refractivity contribution in [3.05, 3.63) is 60.2 Å². The summed E-state index contributed by atoms with van der Waals surface area (Å²) in [6.07, 6.45) is 3.48. The summed E-state index contributed by atoms with van der Waals surface area (Å²) in [5.74, 6) is 0.272. The number of para-hydroxylation sites is 1. The SMILES string of the molecule is O=C(O)C(Nc1nc(N2CCCCC2)nc2ccccc12)c1ccccc1. The largest absolute Gasteiger partial charge is 0.479 e. The van der Waals surface area contributed by atoms with Crippen molar-refractivity contribution in [1.29, 1.82) is 0 Å². The number of rotatable bonds is 5. The van der Waals surface area contributed by atoms with Crippen molar-refractivity contribution in [2.24, 2.45) is 0 Å². The number of hydrogen-bond acceptors (Lipinski definition) is 5. The molecule has 27 heavy (non-hydrogen) atoms. The molecule has 1 aliphatic rings. The van der Waals surface area contributed by atoms with E-state index in [1.54, 1.807) is 12.1 Å². The predicted octanol–water partition coefficient (Wildman–Crippen LogP) is 3.86. The molecular weight excluding hydrogens is 340 g/mol. The molecule has 4 rings (SSSR count). The van der Waals surface area contributed by atoms with Gasteiger partial charge in [0.25, 0.3) is 0 Å². The summed E-state index contributed by atoms with van der Waals surface area (Å²) in [5.41, 5.74) is 1.50. The monoisotopic (exact) mass is 362 g/mol.